The van der Waals surface area contributed by atoms with E-state index in [-0.39, 0.29) is 18.6 Å². The molecule has 1 fully saturated rings. The van der Waals surface area contributed by atoms with Crippen LogP contribution in [0.15, 0.2) is 30.3 Å². The standard InChI is InChI=1S/C16H24N2O2/c1-13-6-5-9-18(15(13)10-17)16(19)12-20-11-14-7-3-2-4-8-14/h2-4,7-8,13,15H,5-6,9-12,17H2,1H3/t13-,15-/m1/s1. The van der Waals surface area contributed by atoms with Crippen molar-refractivity contribution in [2.45, 2.75) is 32.4 Å². The smallest absolute Gasteiger partial charge is 0.248 e. The van der Waals surface area contributed by atoms with Gasteiger partial charge in [-0.2, -0.15) is 0 Å². The van der Waals surface area contributed by atoms with Gasteiger partial charge in [-0.25, -0.2) is 0 Å². The quantitative estimate of drug-likeness (QED) is 0.892. The van der Waals surface area contributed by atoms with Crippen LogP contribution in [0.4, 0.5) is 0 Å². The maximum atomic E-state index is 12.2. The van der Waals surface area contributed by atoms with Crippen molar-refractivity contribution in [2.24, 2.45) is 11.7 Å². The molecule has 1 heterocycles. The lowest BCUT2D eigenvalue weighted by molar-refractivity contribution is -0.141. The van der Waals surface area contributed by atoms with E-state index in [4.69, 9.17) is 10.5 Å². The molecule has 0 aromatic heterocycles. The zero-order valence-corrected chi connectivity index (χ0v) is 12.1. The van der Waals surface area contributed by atoms with E-state index in [1.165, 1.54) is 0 Å². The lowest BCUT2D eigenvalue weighted by Crippen LogP contribution is -2.52. The fraction of sp³-hybridized carbons (Fsp3) is 0.562. The fourth-order valence-electron chi connectivity index (χ4n) is 2.83. The van der Waals surface area contributed by atoms with Crippen LogP contribution in [-0.4, -0.2) is 36.5 Å². The predicted molar refractivity (Wildman–Crippen MR) is 79.1 cm³/mol. The first-order valence-corrected chi connectivity index (χ1v) is 7.33. The summed E-state index contributed by atoms with van der Waals surface area (Å²) in [6, 6.07) is 10.1. The molecule has 0 spiro atoms. The minimum Gasteiger partial charge on any atom is -0.367 e. The number of ether oxygens (including phenoxy) is 1. The van der Waals surface area contributed by atoms with Gasteiger partial charge >= 0.3 is 0 Å². The van der Waals surface area contributed by atoms with Gasteiger partial charge in [-0.3, -0.25) is 4.79 Å². The number of hydrogen-bond acceptors (Lipinski definition) is 3. The second-order valence-corrected chi connectivity index (χ2v) is 5.49. The molecule has 2 atom stereocenters. The number of nitrogens with two attached hydrogens (primary N) is 1. The SMILES string of the molecule is C[C@@H]1CCCN(C(=O)COCc2ccccc2)[C@@H]1CN. The molecular weight excluding hydrogens is 252 g/mol. The van der Waals surface area contributed by atoms with Gasteiger partial charge in [0, 0.05) is 19.1 Å². The van der Waals surface area contributed by atoms with Gasteiger partial charge < -0.3 is 15.4 Å². The van der Waals surface area contributed by atoms with Crippen LogP contribution in [0.2, 0.25) is 0 Å². The average Bonchev–Trinajstić information content (AvgIpc) is 2.48. The molecule has 4 heteroatoms. The summed E-state index contributed by atoms with van der Waals surface area (Å²) < 4.78 is 5.53. The summed E-state index contributed by atoms with van der Waals surface area (Å²) >= 11 is 0. The normalized spacial score (nSPS) is 22.8. The van der Waals surface area contributed by atoms with Gasteiger partial charge in [-0.15, -0.1) is 0 Å². The summed E-state index contributed by atoms with van der Waals surface area (Å²) in [5.41, 5.74) is 6.89. The number of carbonyl (C=O) groups excluding carboxylic acids is 1. The number of amides is 1. The zero-order chi connectivity index (χ0) is 14.4. The predicted octanol–water partition coefficient (Wildman–Crippen LogP) is 1.79. The van der Waals surface area contributed by atoms with E-state index in [9.17, 15) is 4.79 Å². The summed E-state index contributed by atoms with van der Waals surface area (Å²) in [4.78, 5) is 14.2. The summed E-state index contributed by atoms with van der Waals surface area (Å²) in [5.74, 6) is 0.537. The highest BCUT2D eigenvalue weighted by atomic mass is 16.5. The molecule has 110 valence electrons. The Bertz CT molecular complexity index is 422. The lowest BCUT2D eigenvalue weighted by Gasteiger charge is -2.39. The Morgan fingerprint density at radius 1 is 1.40 bits per heavy atom. The van der Waals surface area contributed by atoms with Gasteiger partial charge in [0.05, 0.1) is 6.61 Å². The Labute approximate surface area is 120 Å². The van der Waals surface area contributed by atoms with Gasteiger partial charge in [-0.1, -0.05) is 37.3 Å². The first-order valence-electron chi connectivity index (χ1n) is 7.33. The molecule has 0 bridgehead atoms. The number of hydrogen-bond donors (Lipinski definition) is 1. The van der Waals surface area contributed by atoms with Crippen LogP contribution in [-0.2, 0) is 16.1 Å². The zero-order valence-electron chi connectivity index (χ0n) is 12.1. The number of rotatable bonds is 5. The number of likely N-dealkylation sites (tertiary alicyclic amines) is 1. The Morgan fingerprint density at radius 2 is 2.15 bits per heavy atom. The molecule has 1 aliphatic heterocycles. The van der Waals surface area contributed by atoms with Crippen LogP contribution in [0.5, 0.6) is 0 Å². The number of carbonyl (C=O) groups is 1. The molecule has 1 aromatic carbocycles. The monoisotopic (exact) mass is 276 g/mol. The van der Waals surface area contributed by atoms with E-state index >= 15 is 0 Å². The van der Waals surface area contributed by atoms with Crippen LogP contribution in [0, 0.1) is 5.92 Å². The molecular formula is C16H24N2O2. The maximum Gasteiger partial charge on any atom is 0.248 e. The summed E-state index contributed by atoms with van der Waals surface area (Å²) in [7, 11) is 0. The Kier molecular flexibility index (Phi) is 5.56. The third kappa shape index (κ3) is 3.81. The van der Waals surface area contributed by atoms with Gasteiger partial charge in [0.25, 0.3) is 0 Å². The van der Waals surface area contributed by atoms with Crippen LogP contribution in [0.25, 0.3) is 0 Å². The topological polar surface area (TPSA) is 55.6 Å². The van der Waals surface area contributed by atoms with Crippen molar-refractivity contribution in [2.75, 3.05) is 19.7 Å². The summed E-state index contributed by atoms with van der Waals surface area (Å²) in [6.45, 7) is 4.12. The van der Waals surface area contributed by atoms with Crippen LogP contribution >= 0.6 is 0 Å². The molecule has 0 aliphatic carbocycles. The molecule has 20 heavy (non-hydrogen) atoms. The molecule has 1 aromatic rings. The minimum atomic E-state index is 0.0583. The van der Waals surface area contributed by atoms with Crippen molar-refractivity contribution >= 4 is 5.91 Å². The van der Waals surface area contributed by atoms with E-state index in [0.29, 0.717) is 19.1 Å². The largest absolute Gasteiger partial charge is 0.367 e. The van der Waals surface area contributed by atoms with Crippen LogP contribution in [0.1, 0.15) is 25.3 Å². The van der Waals surface area contributed by atoms with Crippen LogP contribution < -0.4 is 5.73 Å². The molecule has 1 aliphatic rings. The molecule has 0 saturated carbocycles. The number of piperidine rings is 1. The van der Waals surface area contributed by atoms with Gasteiger partial charge in [0.15, 0.2) is 0 Å². The van der Waals surface area contributed by atoms with E-state index in [0.717, 1.165) is 24.9 Å². The minimum absolute atomic E-state index is 0.0583. The van der Waals surface area contributed by atoms with E-state index in [1.54, 1.807) is 0 Å². The molecule has 2 N–H and O–H groups in total. The molecule has 1 saturated heterocycles. The van der Waals surface area contributed by atoms with Gasteiger partial charge in [0.2, 0.25) is 5.91 Å². The first kappa shape index (κ1) is 15.0. The van der Waals surface area contributed by atoms with Crippen LogP contribution in [0.3, 0.4) is 0 Å². The van der Waals surface area contributed by atoms with Crippen molar-refractivity contribution in [3.63, 3.8) is 0 Å². The van der Waals surface area contributed by atoms with E-state index in [2.05, 4.69) is 6.92 Å². The van der Waals surface area contributed by atoms with Crippen molar-refractivity contribution in [1.29, 1.82) is 0 Å². The van der Waals surface area contributed by atoms with Crippen molar-refractivity contribution in [1.82, 2.24) is 4.90 Å². The van der Waals surface area contributed by atoms with Crippen molar-refractivity contribution in [3.8, 4) is 0 Å². The Hall–Kier alpha value is -1.39. The average molecular weight is 276 g/mol. The first-order chi connectivity index (χ1) is 9.72. The Morgan fingerprint density at radius 3 is 2.85 bits per heavy atom. The van der Waals surface area contributed by atoms with E-state index in [1.807, 2.05) is 35.2 Å². The molecule has 1 amide bonds. The summed E-state index contributed by atoms with van der Waals surface area (Å²) in [6.07, 6.45) is 2.21. The third-order valence-electron chi connectivity index (χ3n) is 4.01. The highest BCUT2D eigenvalue weighted by Crippen LogP contribution is 2.22. The highest BCUT2D eigenvalue weighted by Gasteiger charge is 2.30. The second-order valence-electron chi connectivity index (χ2n) is 5.49. The molecule has 0 unspecified atom stereocenters. The van der Waals surface area contributed by atoms with Gasteiger partial charge in [-0.05, 0) is 24.3 Å². The molecule has 2 rings (SSSR count). The lowest BCUT2D eigenvalue weighted by atomic mass is 9.91. The van der Waals surface area contributed by atoms with Crippen molar-refractivity contribution in [3.05, 3.63) is 35.9 Å². The fourth-order valence-corrected chi connectivity index (χ4v) is 2.83. The number of benzene rings is 1. The third-order valence-corrected chi connectivity index (χ3v) is 4.01. The molecule has 4 nitrogen and oxygen atoms in total. The Balaban J connectivity index is 1.82. The molecule has 0 radical (unpaired) electrons. The maximum absolute atomic E-state index is 12.2. The van der Waals surface area contributed by atoms with Crippen molar-refractivity contribution < 1.29 is 9.53 Å². The highest BCUT2D eigenvalue weighted by molar-refractivity contribution is 5.78. The second kappa shape index (κ2) is 7.41. The number of nitrogens with zero attached hydrogens (tertiary/aromatic N) is 1. The van der Waals surface area contributed by atoms with E-state index < -0.39 is 0 Å². The van der Waals surface area contributed by atoms with Gasteiger partial charge in [0.1, 0.15) is 6.61 Å². The summed E-state index contributed by atoms with van der Waals surface area (Å²) in [5, 5.41) is 0.